The van der Waals surface area contributed by atoms with E-state index in [-0.39, 0.29) is 13.2 Å². The van der Waals surface area contributed by atoms with Gasteiger partial charge in [-0.1, -0.05) is 23.4 Å². The number of carbonyl (C=O) groups is 1. The number of pyridine rings is 1. The number of carbonyl (C=O) groups excluding carboxylic acids is 1. The number of ether oxygens (including phenoxy) is 2. The van der Waals surface area contributed by atoms with Crippen molar-refractivity contribution in [3.63, 3.8) is 0 Å². The van der Waals surface area contributed by atoms with Crippen LogP contribution >= 0.6 is 0 Å². The second-order valence-corrected chi connectivity index (χ2v) is 6.91. The van der Waals surface area contributed by atoms with Crippen molar-refractivity contribution < 1.29 is 18.8 Å². The number of aromatic nitrogens is 6. The summed E-state index contributed by atoms with van der Waals surface area (Å²) in [5.74, 6) is 0.799. The lowest BCUT2D eigenvalue weighted by molar-refractivity contribution is 0.1000. The second kappa shape index (κ2) is 8.04. The first-order chi connectivity index (χ1) is 15.6. The van der Waals surface area contributed by atoms with E-state index >= 15 is 0 Å². The summed E-state index contributed by atoms with van der Waals surface area (Å²) in [5.41, 5.74) is 7.24. The van der Waals surface area contributed by atoms with E-state index in [9.17, 15) is 4.79 Å². The summed E-state index contributed by atoms with van der Waals surface area (Å²) >= 11 is 0. The first kappa shape index (κ1) is 19.6. The first-order valence-corrected chi connectivity index (χ1v) is 9.60. The summed E-state index contributed by atoms with van der Waals surface area (Å²) in [4.78, 5) is 15.4. The average molecular weight is 431 g/mol. The number of fused-ring (bicyclic) bond motifs is 3. The predicted octanol–water partition coefficient (Wildman–Crippen LogP) is 2.15. The van der Waals surface area contributed by atoms with Gasteiger partial charge in [-0.05, 0) is 18.2 Å². The Labute approximate surface area is 180 Å². The van der Waals surface area contributed by atoms with Crippen molar-refractivity contribution >= 4 is 22.3 Å². The molecule has 0 saturated heterocycles. The molecule has 11 heteroatoms. The number of amides is 1. The minimum atomic E-state index is -0.537. The normalized spacial score (nSPS) is 11.3. The molecule has 11 nitrogen and oxygen atoms in total. The van der Waals surface area contributed by atoms with Crippen LogP contribution < -0.4 is 10.5 Å². The number of primary amides is 1. The molecule has 0 radical (unpaired) electrons. The van der Waals surface area contributed by atoms with Gasteiger partial charge < -0.3 is 19.7 Å². The van der Waals surface area contributed by atoms with Crippen LogP contribution in [0.25, 0.3) is 27.9 Å². The fourth-order valence-electron chi connectivity index (χ4n) is 3.24. The van der Waals surface area contributed by atoms with Crippen molar-refractivity contribution in [1.29, 1.82) is 0 Å². The van der Waals surface area contributed by atoms with Gasteiger partial charge in [-0.15, -0.1) is 15.3 Å². The highest BCUT2D eigenvalue weighted by atomic mass is 16.5. The van der Waals surface area contributed by atoms with Gasteiger partial charge in [0.1, 0.15) is 13.2 Å². The molecule has 1 aromatic carbocycles. The third-order valence-corrected chi connectivity index (χ3v) is 4.77. The first-order valence-electron chi connectivity index (χ1n) is 9.60. The van der Waals surface area contributed by atoms with Crippen molar-refractivity contribution in [2.75, 3.05) is 7.11 Å². The molecule has 0 aliphatic heterocycles. The fourth-order valence-corrected chi connectivity index (χ4v) is 3.24. The van der Waals surface area contributed by atoms with E-state index < -0.39 is 5.91 Å². The topological polar surface area (TPSA) is 144 Å². The van der Waals surface area contributed by atoms with E-state index in [0.717, 1.165) is 10.8 Å². The largest absolute Gasteiger partial charge is 0.470 e. The molecule has 0 atom stereocenters. The summed E-state index contributed by atoms with van der Waals surface area (Å²) < 4.78 is 17.9. The SMILES string of the molecule is COCc1cc(-c2nnc3c4ccccc4c(OCc4ccc(C(N)=O)cn4)nn23)no1. The Hall–Kier alpha value is -4.38. The number of nitrogens with zero attached hydrogens (tertiary/aromatic N) is 6. The maximum absolute atomic E-state index is 11.2. The lowest BCUT2D eigenvalue weighted by atomic mass is 10.2. The average Bonchev–Trinajstić information content (AvgIpc) is 3.45. The quantitative estimate of drug-likeness (QED) is 0.410. The highest BCUT2D eigenvalue weighted by Crippen LogP contribution is 2.29. The van der Waals surface area contributed by atoms with E-state index in [4.69, 9.17) is 19.7 Å². The van der Waals surface area contributed by atoms with E-state index in [1.165, 1.54) is 6.20 Å². The number of hydrogen-bond acceptors (Lipinski definition) is 9. The molecule has 5 aromatic rings. The Morgan fingerprint density at radius 3 is 2.72 bits per heavy atom. The lowest BCUT2D eigenvalue weighted by Gasteiger charge is -2.09. The Bertz CT molecular complexity index is 1430. The summed E-state index contributed by atoms with van der Waals surface area (Å²) in [7, 11) is 1.57. The zero-order valence-electron chi connectivity index (χ0n) is 16.9. The van der Waals surface area contributed by atoms with Crippen LogP contribution in [-0.2, 0) is 18.0 Å². The number of rotatable bonds is 7. The van der Waals surface area contributed by atoms with Gasteiger partial charge in [0.2, 0.25) is 17.6 Å². The Morgan fingerprint density at radius 1 is 1.12 bits per heavy atom. The van der Waals surface area contributed by atoms with Gasteiger partial charge in [-0.3, -0.25) is 9.78 Å². The molecule has 0 spiro atoms. The predicted molar refractivity (Wildman–Crippen MR) is 112 cm³/mol. The summed E-state index contributed by atoms with van der Waals surface area (Å²) in [6.07, 6.45) is 1.41. The number of methoxy groups -OCH3 is 1. The monoisotopic (exact) mass is 431 g/mol. The molecule has 0 fully saturated rings. The minimum Gasteiger partial charge on any atom is -0.470 e. The third kappa shape index (κ3) is 3.50. The summed E-state index contributed by atoms with van der Waals surface area (Å²) in [6.45, 7) is 0.428. The molecule has 32 heavy (non-hydrogen) atoms. The third-order valence-electron chi connectivity index (χ3n) is 4.77. The van der Waals surface area contributed by atoms with Crippen molar-refractivity contribution in [2.24, 2.45) is 5.73 Å². The molecular formula is C21H17N7O4. The van der Waals surface area contributed by atoms with Gasteiger partial charge in [-0.25, -0.2) is 0 Å². The van der Waals surface area contributed by atoms with Gasteiger partial charge in [0.15, 0.2) is 17.1 Å². The molecule has 0 aliphatic rings. The summed E-state index contributed by atoms with van der Waals surface area (Å²) in [6, 6.07) is 12.6. The van der Waals surface area contributed by atoms with Crippen molar-refractivity contribution in [3.05, 3.63) is 65.7 Å². The molecule has 0 aliphatic carbocycles. The molecule has 0 unspecified atom stereocenters. The van der Waals surface area contributed by atoms with Crippen molar-refractivity contribution in [1.82, 2.24) is 30.0 Å². The molecule has 5 rings (SSSR count). The maximum Gasteiger partial charge on any atom is 0.250 e. The highest BCUT2D eigenvalue weighted by molar-refractivity contribution is 5.97. The van der Waals surface area contributed by atoms with E-state index in [1.807, 2.05) is 24.3 Å². The lowest BCUT2D eigenvalue weighted by Crippen LogP contribution is -2.11. The molecule has 1 amide bonds. The molecule has 4 aromatic heterocycles. The zero-order chi connectivity index (χ0) is 22.1. The van der Waals surface area contributed by atoms with Crippen molar-refractivity contribution in [3.8, 4) is 17.4 Å². The van der Waals surface area contributed by atoms with Crippen LogP contribution in [0.2, 0.25) is 0 Å². The van der Waals surface area contributed by atoms with Gasteiger partial charge >= 0.3 is 0 Å². The highest BCUT2D eigenvalue weighted by Gasteiger charge is 2.19. The molecule has 0 saturated carbocycles. The van der Waals surface area contributed by atoms with Crippen LogP contribution in [0.5, 0.6) is 5.88 Å². The van der Waals surface area contributed by atoms with Crippen LogP contribution in [0.3, 0.4) is 0 Å². The standard InChI is InChI=1S/C21H17N7O4/c1-30-11-14-8-17(27-32-14)20-25-24-19-15-4-2-3-5-16(15)21(26-28(19)20)31-10-13-7-6-12(9-23-13)18(22)29/h2-9H,10-11H2,1H3,(H2,22,29). The zero-order valence-corrected chi connectivity index (χ0v) is 16.9. The Morgan fingerprint density at radius 2 is 1.97 bits per heavy atom. The maximum atomic E-state index is 11.2. The van der Waals surface area contributed by atoms with Gasteiger partial charge in [0.05, 0.1) is 11.3 Å². The molecule has 0 bridgehead atoms. The number of nitrogens with two attached hydrogens (primary N) is 1. The molecule has 160 valence electrons. The van der Waals surface area contributed by atoms with Crippen LogP contribution in [-0.4, -0.2) is 43.0 Å². The van der Waals surface area contributed by atoms with E-state index in [2.05, 4.69) is 25.4 Å². The van der Waals surface area contributed by atoms with Gasteiger partial charge in [-0.2, -0.15) is 4.52 Å². The van der Waals surface area contributed by atoms with Gasteiger partial charge in [0.25, 0.3) is 0 Å². The number of benzene rings is 1. The van der Waals surface area contributed by atoms with Gasteiger partial charge in [0, 0.05) is 30.1 Å². The second-order valence-electron chi connectivity index (χ2n) is 6.91. The van der Waals surface area contributed by atoms with Crippen LogP contribution in [0.15, 0.2) is 53.2 Å². The summed E-state index contributed by atoms with van der Waals surface area (Å²) in [5, 5.41) is 18.8. The van der Waals surface area contributed by atoms with Crippen LogP contribution in [0.4, 0.5) is 0 Å². The van der Waals surface area contributed by atoms with Crippen LogP contribution in [0.1, 0.15) is 21.8 Å². The number of hydrogen-bond donors (Lipinski definition) is 1. The van der Waals surface area contributed by atoms with Crippen molar-refractivity contribution in [2.45, 2.75) is 13.2 Å². The fraction of sp³-hybridized carbons (Fsp3) is 0.143. The molecule has 2 N–H and O–H groups in total. The van der Waals surface area contributed by atoms with E-state index in [0.29, 0.717) is 40.1 Å². The Balaban J connectivity index is 1.54. The molecular weight excluding hydrogens is 414 g/mol. The minimum absolute atomic E-state index is 0.140. The van der Waals surface area contributed by atoms with E-state index in [1.54, 1.807) is 29.8 Å². The molecule has 4 heterocycles. The Kier molecular flexibility index (Phi) is 4.92. The van der Waals surface area contributed by atoms with Crippen LogP contribution in [0, 0.1) is 0 Å². The smallest absolute Gasteiger partial charge is 0.250 e.